The summed E-state index contributed by atoms with van der Waals surface area (Å²) in [5.74, 6) is 2.18. The Labute approximate surface area is 130 Å². The molecular weight excluding hydrogens is 292 g/mol. The third-order valence-corrected chi connectivity index (χ3v) is 4.91. The Morgan fingerprint density at radius 3 is 2.90 bits per heavy atom. The van der Waals surface area contributed by atoms with Gasteiger partial charge in [0.25, 0.3) is 5.91 Å². The van der Waals surface area contributed by atoms with E-state index in [1.165, 1.54) is 0 Å². The number of halogens is 1. The molecule has 1 saturated heterocycles. The molecule has 1 aliphatic heterocycles. The van der Waals surface area contributed by atoms with Crippen molar-refractivity contribution in [3.63, 3.8) is 0 Å². The van der Waals surface area contributed by atoms with Crippen molar-refractivity contribution in [2.24, 2.45) is 0 Å². The van der Waals surface area contributed by atoms with E-state index < -0.39 is 0 Å². The van der Waals surface area contributed by atoms with Gasteiger partial charge < -0.3 is 9.80 Å². The van der Waals surface area contributed by atoms with Gasteiger partial charge in [-0.25, -0.2) is 0 Å². The molecule has 0 aromatic heterocycles. The van der Waals surface area contributed by atoms with Crippen molar-refractivity contribution in [3.8, 4) is 0 Å². The highest BCUT2D eigenvalue weighted by atomic mass is 35.5. The number of rotatable bonds is 3. The molecule has 110 valence electrons. The quantitative estimate of drug-likeness (QED) is 0.857. The summed E-state index contributed by atoms with van der Waals surface area (Å²) in [6.07, 6.45) is 1.05. The van der Waals surface area contributed by atoms with Crippen LogP contribution in [0.3, 0.4) is 0 Å². The van der Waals surface area contributed by atoms with E-state index in [0.29, 0.717) is 10.6 Å². The van der Waals surface area contributed by atoms with Gasteiger partial charge in [-0.2, -0.15) is 11.8 Å². The lowest BCUT2D eigenvalue weighted by Crippen LogP contribution is -2.46. The Balaban J connectivity index is 2.21. The van der Waals surface area contributed by atoms with Crippen molar-refractivity contribution in [3.05, 3.63) is 34.9 Å². The van der Waals surface area contributed by atoms with Gasteiger partial charge >= 0.3 is 0 Å². The molecule has 1 aromatic rings. The predicted molar refractivity (Wildman–Crippen MR) is 86.8 cm³/mol. The molecule has 0 radical (unpaired) electrons. The van der Waals surface area contributed by atoms with Crippen LogP contribution in [0, 0.1) is 0 Å². The molecule has 20 heavy (non-hydrogen) atoms. The number of nitrogens with zero attached hydrogens (tertiary/aromatic N) is 2. The summed E-state index contributed by atoms with van der Waals surface area (Å²) in [6, 6.07) is 7.57. The average Bonchev–Trinajstić information content (AvgIpc) is 2.63. The fourth-order valence-electron chi connectivity index (χ4n) is 2.46. The summed E-state index contributed by atoms with van der Waals surface area (Å²) in [4.78, 5) is 16.9. The maximum absolute atomic E-state index is 12.8. The summed E-state index contributed by atoms with van der Waals surface area (Å²) in [5, 5.41) is 0.540. The minimum absolute atomic E-state index is 0.0601. The molecule has 1 unspecified atom stereocenters. The van der Waals surface area contributed by atoms with Gasteiger partial charge in [-0.05, 0) is 38.4 Å². The van der Waals surface area contributed by atoms with E-state index in [9.17, 15) is 4.79 Å². The van der Waals surface area contributed by atoms with Crippen LogP contribution in [-0.2, 0) is 0 Å². The van der Waals surface area contributed by atoms with Crippen LogP contribution in [-0.4, -0.2) is 60.4 Å². The van der Waals surface area contributed by atoms with Crippen LogP contribution < -0.4 is 0 Å². The molecule has 2 rings (SSSR count). The molecule has 1 amide bonds. The normalized spacial score (nSPS) is 20.0. The maximum Gasteiger partial charge on any atom is 0.255 e. The third-order valence-electron chi connectivity index (χ3n) is 3.38. The number of carbonyl (C=O) groups excluding carboxylic acids is 1. The van der Waals surface area contributed by atoms with Crippen LogP contribution in [0.2, 0.25) is 5.02 Å². The molecule has 1 atom stereocenters. The number of thioether (sulfide) groups is 1. The lowest BCUT2D eigenvalue weighted by Gasteiger charge is -2.32. The van der Waals surface area contributed by atoms with Gasteiger partial charge in [-0.3, -0.25) is 4.79 Å². The Bertz CT molecular complexity index is 467. The highest BCUT2D eigenvalue weighted by molar-refractivity contribution is 7.99. The Morgan fingerprint density at radius 1 is 1.45 bits per heavy atom. The highest BCUT2D eigenvalue weighted by Gasteiger charge is 2.27. The van der Waals surface area contributed by atoms with Crippen LogP contribution in [0.5, 0.6) is 0 Å². The molecule has 0 N–H and O–H groups in total. The van der Waals surface area contributed by atoms with Crippen molar-refractivity contribution in [2.45, 2.75) is 12.5 Å². The molecule has 0 bridgehead atoms. The Hall–Kier alpha value is -0.710. The van der Waals surface area contributed by atoms with E-state index in [1.54, 1.807) is 6.07 Å². The predicted octanol–water partition coefficient (Wildman–Crippen LogP) is 2.85. The van der Waals surface area contributed by atoms with Crippen LogP contribution >= 0.6 is 23.4 Å². The largest absolute Gasteiger partial charge is 0.333 e. The first-order valence-electron chi connectivity index (χ1n) is 6.87. The lowest BCUT2D eigenvalue weighted by molar-refractivity contribution is 0.0676. The molecule has 0 spiro atoms. The summed E-state index contributed by atoms with van der Waals surface area (Å²) >= 11 is 8.10. The van der Waals surface area contributed by atoms with Crippen molar-refractivity contribution in [1.82, 2.24) is 9.80 Å². The fraction of sp³-hybridized carbons (Fsp3) is 0.533. The molecule has 0 aliphatic carbocycles. The van der Waals surface area contributed by atoms with Gasteiger partial charge in [0.15, 0.2) is 0 Å². The highest BCUT2D eigenvalue weighted by Crippen LogP contribution is 2.22. The van der Waals surface area contributed by atoms with Gasteiger partial charge in [0.2, 0.25) is 0 Å². The molecule has 1 heterocycles. The number of hydrogen-bond acceptors (Lipinski definition) is 3. The second kappa shape index (κ2) is 7.34. The van der Waals surface area contributed by atoms with Gasteiger partial charge in [0, 0.05) is 18.8 Å². The number of amides is 1. The number of hydrogen-bond donors (Lipinski definition) is 0. The monoisotopic (exact) mass is 312 g/mol. The molecule has 1 aromatic carbocycles. The summed E-state index contributed by atoms with van der Waals surface area (Å²) in [5.41, 5.74) is 0.616. The van der Waals surface area contributed by atoms with Gasteiger partial charge in [0.05, 0.1) is 16.6 Å². The van der Waals surface area contributed by atoms with E-state index in [1.807, 2.05) is 49.0 Å². The first kappa shape index (κ1) is 15.7. The first-order valence-corrected chi connectivity index (χ1v) is 8.41. The van der Waals surface area contributed by atoms with Crippen LogP contribution in [0.15, 0.2) is 24.3 Å². The SMILES string of the molecule is CN(C)CC1CSCCCN1C(=O)c1ccccc1Cl. The van der Waals surface area contributed by atoms with Gasteiger partial charge in [0.1, 0.15) is 0 Å². The first-order chi connectivity index (χ1) is 9.59. The molecule has 5 heteroatoms. The van der Waals surface area contributed by atoms with Gasteiger partial charge in [-0.15, -0.1) is 0 Å². The van der Waals surface area contributed by atoms with Crippen LogP contribution in [0.4, 0.5) is 0 Å². The number of carbonyl (C=O) groups is 1. The van der Waals surface area contributed by atoms with Crippen LogP contribution in [0.1, 0.15) is 16.8 Å². The fourth-order valence-corrected chi connectivity index (χ4v) is 3.73. The minimum atomic E-state index is 0.0601. The second-order valence-corrected chi connectivity index (χ2v) is 6.88. The minimum Gasteiger partial charge on any atom is -0.333 e. The number of likely N-dealkylation sites (N-methyl/N-ethyl adjacent to an activating group) is 1. The van der Waals surface area contributed by atoms with Crippen molar-refractivity contribution >= 4 is 29.3 Å². The van der Waals surface area contributed by atoms with Gasteiger partial charge in [-0.1, -0.05) is 23.7 Å². The van der Waals surface area contributed by atoms with E-state index in [4.69, 9.17) is 11.6 Å². The summed E-state index contributed by atoms with van der Waals surface area (Å²) in [7, 11) is 4.10. The average molecular weight is 313 g/mol. The zero-order chi connectivity index (χ0) is 14.5. The van der Waals surface area contributed by atoms with E-state index in [0.717, 1.165) is 31.0 Å². The van der Waals surface area contributed by atoms with Crippen molar-refractivity contribution in [2.75, 3.05) is 38.7 Å². The zero-order valence-corrected chi connectivity index (χ0v) is 13.6. The smallest absolute Gasteiger partial charge is 0.255 e. The van der Waals surface area contributed by atoms with E-state index in [2.05, 4.69) is 4.90 Å². The maximum atomic E-state index is 12.8. The van der Waals surface area contributed by atoms with Crippen LogP contribution in [0.25, 0.3) is 0 Å². The lowest BCUT2D eigenvalue weighted by atomic mass is 10.1. The molecule has 0 saturated carbocycles. The van der Waals surface area contributed by atoms with E-state index >= 15 is 0 Å². The zero-order valence-electron chi connectivity index (χ0n) is 12.0. The standard InChI is InChI=1S/C15H21ClN2OS/c1-17(2)10-12-11-20-9-5-8-18(12)15(19)13-6-3-4-7-14(13)16/h3-4,6-7,12H,5,8-11H2,1-2H3. The Morgan fingerprint density at radius 2 is 2.20 bits per heavy atom. The Kier molecular flexibility index (Phi) is 5.75. The van der Waals surface area contributed by atoms with E-state index in [-0.39, 0.29) is 11.9 Å². The topological polar surface area (TPSA) is 23.6 Å². The molecule has 1 fully saturated rings. The second-order valence-electron chi connectivity index (χ2n) is 5.32. The number of benzene rings is 1. The summed E-state index contributed by atoms with van der Waals surface area (Å²) in [6.45, 7) is 1.71. The summed E-state index contributed by atoms with van der Waals surface area (Å²) < 4.78 is 0. The molecule has 3 nitrogen and oxygen atoms in total. The molecule has 1 aliphatic rings. The van der Waals surface area contributed by atoms with Crippen molar-refractivity contribution in [1.29, 1.82) is 0 Å². The van der Waals surface area contributed by atoms with Crippen molar-refractivity contribution < 1.29 is 4.79 Å². The molecular formula is C15H21ClN2OS. The third kappa shape index (κ3) is 3.90.